The minimum Gasteiger partial charge on any atom is -0.322 e. The van der Waals surface area contributed by atoms with E-state index >= 15 is 0 Å². The number of imide groups is 1. The van der Waals surface area contributed by atoms with Crippen molar-refractivity contribution in [2.75, 3.05) is 6.26 Å². The summed E-state index contributed by atoms with van der Waals surface area (Å²) in [5.41, 5.74) is 2.23. The Hall–Kier alpha value is -2.42. The van der Waals surface area contributed by atoms with Crippen molar-refractivity contribution in [3.8, 4) is 0 Å². The fourth-order valence-electron chi connectivity index (χ4n) is 3.44. The summed E-state index contributed by atoms with van der Waals surface area (Å²) in [6.45, 7) is 0. The minimum atomic E-state index is -3.17. The second-order valence-corrected chi connectivity index (χ2v) is 9.06. The summed E-state index contributed by atoms with van der Waals surface area (Å²) in [5.74, 6) is -1.15. The number of hydrazine groups is 1. The number of rotatable bonds is 4. The lowest BCUT2D eigenvalue weighted by atomic mass is 9.82. The van der Waals surface area contributed by atoms with E-state index in [2.05, 4.69) is 10.7 Å². The number of benzene rings is 1. The van der Waals surface area contributed by atoms with E-state index in [0.29, 0.717) is 18.4 Å². The molecule has 1 saturated heterocycles. The van der Waals surface area contributed by atoms with Crippen LogP contribution in [0.2, 0.25) is 0 Å². The van der Waals surface area contributed by atoms with E-state index in [-0.39, 0.29) is 11.3 Å². The lowest BCUT2D eigenvalue weighted by molar-refractivity contribution is -0.134. The molecule has 0 radical (unpaired) electrons. The van der Waals surface area contributed by atoms with Gasteiger partial charge in [-0.15, -0.1) is 0 Å². The summed E-state index contributed by atoms with van der Waals surface area (Å²) < 4.78 is 22.6. The van der Waals surface area contributed by atoms with Gasteiger partial charge in [-0.1, -0.05) is 31.4 Å². The summed E-state index contributed by atoms with van der Waals surface area (Å²) in [6, 6.07) is 5.36. The summed E-state index contributed by atoms with van der Waals surface area (Å²) in [7, 11) is -3.17. The smallest absolute Gasteiger partial charge is 0.322 e. The largest absolute Gasteiger partial charge is 0.344 e. The van der Waals surface area contributed by atoms with Crippen LogP contribution in [0.1, 0.15) is 48.0 Å². The van der Waals surface area contributed by atoms with Gasteiger partial charge in [-0.2, -0.15) is 5.01 Å². The van der Waals surface area contributed by atoms with Crippen LogP contribution in [0, 0.1) is 0 Å². The Balaban J connectivity index is 1.69. The predicted molar refractivity (Wildman–Crippen MR) is 93.6 cm³/mol. The van der Waals surface area contributed by atoms with Gasteiger partial charge in [0.25, 0.3) is 11.8 Å². The number of nitrogens with one attached hydrogen (secondary N) is 2. The van der Waals surface area contributed by atoms with Crippen LogP contribution in [0.3, 0.4) is 0 Å². The molecule has 0 atom stereocenters. The average molecular weight is 379 g/mol. The first kappa shape index (κ1) is 18.4. The van der Waals surface area contributed by atoms with Crippen LogP contribution in [0.25, 0.3) is 0 Å². The first-order valence-corrected chi connectivity index (χ1v) is 10.5. The molecule has 0 bridgehead atoms. The Bertz CT molecular complexity index is 842. The van der Waals surface area contributed by atoms with Gasteiger partial charge in [0.05, 0.1) is 5.75 Å². The number of hydrogen-bond donors (Lipinski definition) is 2. The van der Waals surface area contributed by atoms with Crippen LogP contribution >= 0.6 is 0 Å². The molecule has 1 aromatic carbocycles. The third kappa shape index (κ3) is 3.72. The van der Waals surface area contributed by atoms with Crippen LogP contribution < -0.4 is 10.7 Å². The maximum atomic E-state index is 12.6. The van der Waals surface area contributed by atoms with Crippen LogP contribution in [0.5, 0.6) is 0 Å². The maximum Gasteiger partial charge on any atom is 0.344 e. The molecule has 9 heteroatoms. The van der Waals surface area contributed by atoms with Gasteiger partial charge < -0.3 is 5.32 Å². The summed E-state index contributed by atoms with van der Waals surface area (Å²) in [6.07, 6.45) is 5.02. The zero-order valence-electron chi connectivity index (χ0n) is 14.4. The van der Waals surface area contributed by atoms with Gasteiger partial charge in [0, 0.05) is 11.8 Å². The van der Waals surface area contributed by atoms with Gasteiger partial charge >= 0.3 is 6.03 Å². The minimum absolute atomic E-state index is 0.121. The monoisotopic (exact) mass is 379 g/mol. The van der Waals surface area contributed by atoms with Crippen molar-refractivity contribution in [2.45, 2.75) is 43.4 Å². The highest BCUT2D eigenvalue weighted by Gasteiger charge is 2.52. The van der Waals surface area contributed by atoms with Crippen molar-refractivity contribution in [2.24, 2.45) is 0 Å². The quantitative estimate of drug-likeness (QED) is 0.762. The van der Waals surface area contributed by atoms with Crippen molar-refractivity contribution in [1.82, 2.24) is 15.8 Å². The normalized spacial score (nSPS) is 19.5. The highest BCUT2D eigenvalue weighted by Crippen LogP contribution is 2.33. The molecular formula is C17H21N3O5S. The predicted octanol–water partition coefficient (Wildman–Crippen LogP) is 1.13. The Kier molecular flexibility index (Phi) is 4.74. The van der Waals surface area contributed by atoms with Crippen LogP contribution in [0.4, 0.5) is 4.79 Å². The van der Waals surface area contributed by atoms with E-state index < -0.39 is 33.2 Å². The molecule has 1 spiro atoms. The molecule has 1 aliphatic heterocycles. The fraction of sp³-hybridized carbons (Fsp3) is 0.471. The summed E-state index contributed by atoms with van der Waals surface area (Å²) in [5, 5.41) is 3.46. The molecule has 140 valence electrons. The van der Waals surface area contributed by atoms with E-state index in [1.165, 1.54) is 24.3 Å². The van der Waals surface area contributed by atoms with E-state index in [4.69, 9.17) is 0 Å². The molecule has 26 heavy (non-hydrogen) atoms. The molecule has 1 aromatic rings. The van der Waals surface area contributed by atoms with Crippen LogP contribution in [-0.4, -0.2) is 43.1 Å². The SMILES string of the molecule is CS(=O)(=O)Cc1ccc(C(=O)NN2C(=O)NC3(CCCCC3)C2=O)cc1. The number of carbonyl (C=O) groups excluding carboxylic acids is 3. The number of hydrogen-bond acceptors (Lipinski definition) is 5. The Morgan fingerprint density at radius 3 is 2.35 bits per heavy atom. The lowest BCUT2D eigenvalue weighted by Gasteiger charge is -2.30. The second kappa shape index (κ2) is 6.71. The highest BCUT2D eigenvalue weighted by atomic mass is 32.2. The van der Waals surface area contributed by atoms with Gasteiger partial charge in [0.2, 0.25) is 0 Å². The van der Waals surface area contributed by atoms with Gasteiger partial charge in [-0.3, -0.25) is 15.0 Å². The van der Waals surface area contributed by atoms with E-state index in [0.717, 1.165) is 30.5 Å². The molecule has 2 aliphatic rings. The zero-order chi connectivity index (χ0) is 18.9. The van der Waals surface area contributed by atoms with Gasteiger partial charge in [-0.05, 0) is 30.5 Å². The molecule has 4 amide bonds. The fourth-order valence-corrected chi connectivity index (χ4v) is 4.24. The first-order chi connectivity index (χ1) is 12.2. The third-order valence-electron chi connectivity index (χ3n) is 4.73. The van der Waals surface area contributed by atoms with Crippen molar-refractivity contribution >= 4 is 27.7 Å². The summed E-state index contributed by atoms with van der Waals surface area (Å²) in [4.78, 5) is 37.1. The molecular weight excluding hydrogens is 358 g/mol. The standard InChI is InChI=1S/C17H21N3O5S/c1-26(24,25)11-12-5-7-13(8-6-12)14(21)19-20-15(22)17(18-16(20)23)9-3-2-4-10-17/h5-8H,2-4,9-11H2,1H3,(H,18,23)(H,19,21). The third-order valence-corrected chi connectivity index (χ3v) is 5.58. The van der Waals surface area contributed by atoms with Crippen LogP contribution in [0.15, 0.2) is 24.3 Å². The highest BCUT2D eigenvalue weighted by molar-refractivity contribution is 7.89. The van der Waals surface area contributed by atoms with Crippen molar-refractivity contribution in [3.63, 3.8) is 0 Å². The number of carbonyl (C=O) groups is 3. The van der Waals surface area contributed by atoms with E-state index in [1.54, 1.807) is 0 Å². The molecule has 8 nitrogen and oxygen atoms in total. The molecule has 3 rings (SSSR count). The van der Waals surface area contributed by atoms with E-state index in [9.17, 15) is 22.8 Å². The maximum absolute atomic E-state index is 12.6. The zero-order valence-corrected chi connectivity index (χ0v) is 15.3. The van der Waals surface area contributed by atoms with Crippen LogP contribution in [-0.2, 0) is 20.4 Å². The number of urea groups is 1. The van der Waals surface area contributed by atoms with Crippen molar-refractivity contribution in [1.29, 1.82) is 0 Å². The molecule has 2 fully saturated rings. The topological polar surface area (TPSA) is 113 Å². The Morgan fingerprint density at radius 2 is 1.77 bits per heavy atom. The molecule has 1 aliphatic carbocycles. The lowest BCUT2D eigenvalue weighted by Crippen LogP contribution is -2.50. The molecule has 0 aromatic heterocycles. The molecule has 0 unspecified atom stereocenters. The van der Waals surface area contributed by atoms with E-state index in [1.807, 2.05) is 0 Å². The summed E-state index contributed by atoms with van der Waals surface area (Å²) >= 11 is 0. The van der Waals surface area contributed by atoms with Gasteiger partial charge in [0.15, 0.2) is 9.84 Å². The first-order valence-electron chi connectivity index (χ1n) is 8.45. The number of sulfone groups is 1. The molecule has 1 saturated carbocycles. The van der Waals surface area contributed by atoms with Gasteiger partial charge in [0.1, 0.15) is 5.54 Å². The Morgan fingerprint density at radius 1 is 1.15 bits per heavy atom. The molecule has 1 heterocycles. The van der Waals surface area contributed by atoms with Crippen molar-refractivity contribution in [3.05, 3.63) is 35.4 Å². The molecule has 2 N–H and O–H groups in total. The Labute approximate surface area is 151 Å². The average Bonchev–Trinajstić information content (AvgIpc) is 2.79. The van der Waals surface area contributed by atoms with Crippen molar-refractivity contribution < 1.29 is 22.8 Å². The second-order valence-electron chi connectivity index (χ2n) is 6.92. The number of amides is 4. The van der Waals surface area contributed by atoms with Gasteiger partial charge in [-0.25, -0.2) is 13.2 Å². The number of nitrogens with zero attached hydrogens (tertiary/aromatic N) is 1.